The third-order valence-electron chi connectivity index (χ3n) is 3.53. The van der Waals surface area contributed by atoms with Crippen LogP contribution in [0.15, 0.2) is 24.3 Å². The van der Waals surface area contributed by atoms with Gasteiger partial charge in [0, 0.05) is 5.75 Å². The van der Waals surface area contributed by atoms with E-state index in [-0.39, 0.29) is 17.6 Å². The van der Waals surface area contributed by atoms with Gasteiger partial charge in [-0.25, -0.2) is 4.79 Å². The van der Waals surface area contributed by atoms with Crippen LogP contribution in [0, 0.1) is 5.92 Å². The normalized spacial score (nSPS) is 13.3. The second-order valence-corrected chi connectivity index (χ2v) is 6.09. The summed E-state index contributed by atoms with van der Waals surface area (Å²) in [7, 11) is 2.89. The van der Waals surface area contributed by atoms with Gasteiger partial charge in [-0.15, -0.1) is 0 Å². The second kappa shape index (κ2) is 9.45. The van der Waals surface area contributed by atoms with Gasteiger partial charge >= 0.3 is 5.97 Å². The average molecular weight is 339 g/mol. The molecule has 0 radical (unpaired) electrons. The van der Waals surface area contributed by atoms with Crippen LogP contribution >= 0.6 is 12.6 Å². The number of esters is 1. The topological polar surface area (TPSA) is 64.6 Å². The molecule has 0 spiro atoms. The Hall–Kier alpha value is -1.69. The SMILES string of the molecule is COC(=O)C(CS)NC(=O)[C@H](CC(C)C)c1ccc(OC)cc1. The number of hydrogen-bond donors (Lipinski definition) is 2. The van der Waals surface area contributed by atoms with Gasteiger partial charge in [0.05, 0.1) is 20.1 Å². The Labute approximate surface area is 143 Å². The van der Waals surface area contributed by atoms with Crippen molar-refractivity contribution in [3.05, 3.63) is 29.8 Å². The number of amides is 1. The zero-order valence-corrected chi connectivity index (χ0v) is 14.9. The summed E-state index contributed by atoms with van der Waals surface area (Å²) in [6, 6.07) is 6.65. The highest BCUT2D eigenvalue weighted by atomic mass is 32.1. The van der Waals surface area contributed by atoms with E-state index in [4.69, 9.17) is 4.74 Å². The fraction of sp³-hybridized carbons (Fsp3) is 0.529. The summed E-state index contributed by atoms with van der Waals surface area (Å²) in [5.41, 5.74) is 0.889. The summed E-state index contributed by atoms with van der Waals surface area (Å²) in [6.45, 7) is 4.11. The van der Waals surface area contributed by atoms with E-state index in [0.717, 1.165) is 11.3 Å². The molecule has 0 aliphatic heterocycles. The quantitative estimate of drug-likeness (QED) is 0.564. The second-order valence-electron chi connectivity index (χ2n) is 5.72. The molecule has 0 bridgehead atoms. The highest BCUT2D eigenvalue weighted by molar-refractivity contribution is 7.80. The molecule has 0 saturated heterocycles. The lowest BCUT2D eigenvalue weighted by atomic mass is 9.89. The van der Waals surface area contributed by atoms with Crippen molar-refractivity contribution in [2.24, 2.45) is 5.92 Å². The fourth-order valence-electron chi connectivity index (χ4n) is 2.30. The van der Waals surface area contributed by atoms with Gasteiger partial charge < -0.3 is 14.8 Å². The highest BCUT2D eigenvalue weighted by Gasteiger charge is 2.27. The molecule has 0 heterocycles. The van der Waals surface area contributed by atoms with Crippen LogP contribution in [0.1, 0.15) is 31.7 Å². The predicted molar refractivity (Wildman–Crippen MR) is 93.0 cm³/mol. The molecule has 2 atom stereocenters. The fourth-order valence-corrected chi connectivity index (χ4v) is 2.54. The van der Waals surface area contributed by atoms with Crippen LogP contribution in [-0.4, -0.2) is 37.9 Å². The Morgan fingerprint density at radius 1 is 1.17 bits per heavy atom. The number of thiol groups is 1. The first kappa shape index (κ1) is 19.4. The molecule has 1 N–H and O–H groups in total. The minimum Gasteiger partial charge on any atom is -0.497 e. The maximum absolute atomic E-state index is 12.6. The Morgan fingerprint density at radius 3 is 2.22 bits per heavy atom. The molecule has 0 saturated carbocycles. The first-order chi connectivity index (χ1) is 10.9. The number of rotatable bonds is 8. The monoisotopic (exact) mass is 339 g/mol. The lowest BCUT2D eigenvalue weighted by Crippen LogP contribution is -2.45. The summed E-state index contributed by atoms with van der Waals surface area (Å²) in [5, 5.41) is 2.73. The summed E-state index contributed by atoms with van der Waals surface area (Å²) in [5.74, 6) is 0.225. The third kappa shape index (κ3) is 5.78. The smallest absolute Gasteiger partial charge is 0.329 e. The van der Waals surface area contributed by atoms with Crippen molar-refractivity contribution in [1.29, 1.82) is 0 Å². The van der Waals surface area contributed by atoms with Gasteiger partial charge in [0.2, 0.25) is 5.91 Å². The molecule has 1 unspecified atom stereocenters. The van der Waals surface area contributed by atoms with Crippen molar-refractivity contribution in [3.63, 3.8) is 0 Å². The van der Waals surface area contributed by atoms with E-state index in [1.807, 2.05) is 24.3 Å². The summed E-state index contributed by atoms with van der Waals surface area (Å²) >= 11 is 4.10. The van der Waals surface area contributed by atoms with Gasteiger partial charge in [0.15, 0.2) is 0 Å². The molecule has 0 fully saturated rings. The van der Waals surface area contributed by atoms with E-state index >= 15 is 0 Å². The van der Waals surface area contributed by atoms with Crippen molar-refractivity contribution >= 4 is 24.5 Å². The van der Waals surface area contributed by atoms with Crippen molar-refractivity contribution < 1.29 is 19.1 Å². The number of carbonyl (C=O) groups excluding carboxylic acids is 2. The van der Waals surface area contributed by atoms with Crippen LogP contribution in [0.5, 0.6) is 5.75 Å². The van der Waals surface area contributed by atoms with Gasteiger partial charge in [-0.3, -0.25) is 4.79 Å². The van der Waals surface area contributed by atoms with Gasteiger partial charge in [-0.1, -0.05) is 26.0 Å². The van der Waals surface area contributed by atoms with Crippen LogP contribution < -0.4 is 10.1 Å². The summed E-state index contributed by atoms with van der Waals surface area (Å²) in [4.78, 5) is 24.3. The van der Waals surface area contributed by atoms with Crippen LogP contribution in [0.2, 0.25) is 0 Å². The predicted octanol–water partition coefficient (Wildman–Crippen LogP) is 2.41. The van der Waals surface area contributed by atoms with E-state index in [1.54, 1.807) is 7.11 Å². The molecule has 1 aromatic carbocycles. The summed E-state index contributed by atoms with van der Waals surface area (Å²) in [6.07, 6.45) is 0.679. The van der Waals surface area contributed by atoms with Gasteiger partial charge in [0.25, 0.3) is 0 Å². The molecule has 6 heteroatoms. The Balaban J connectivity index is 2.95. The van der Waals surface area contributed by atoms with E-state index in [1.165, 1.54) is 7.11 Å². The molecule has 0 aromatic heterocycles. The van der Waals surface area contributed by atoms with Gasteiger partial charge in [-0.2, -0.15) is 12.6 Å². The molecule has 1 aromatic rings. The first-order valence-electron chi connectivity index (χ1n) is 7.55. The molecule has 128 valence electrons. The zero-order chi connectivity index (χ0) is 17.4. The van der Waals surface area contributed by atoms with E-state index in [9.17, 15) is 9.59 Å². The van der Waals surface area contributed by atoms with E-state index in [0.29, 0.717) is 12.3 Å². The molecular weight excluding hydrogens is 314 g/mol. The van der Waals surface area contributed by atoms with Crippen LogP contribution in [-0.2, 0) is 14.3 Å². The van der Waals surface area contributed by atoms with Gasteiger partial charge in [0.1, 0.15) is 11.8 Å². The molecule has 0 aliphatic carbocycles. The minimum atomic E-state index is -0.747. The minimum absolute atomic E-state index is 0.190. The Bertz CT molecular complexity index is 516. The number of methoxy groups -OCH3 is 2. The number of nitrogens with one attached hydrogen (secondary N) is 1. The standard InChI is InChI=1S/C17H25NO4S/c1-11(2)9-14(12-5-7-13(21-3)8-6-12)16(19)18-15(10-23)17(20)22-4/h5-8,11,14-15,23H,9-10H2,1-4H3,(H,18,19)/t14-,15?/m1/s1. The van der Waals surface area contributed by atoms with Crippen LogP contribution in [0.25, 0.3) is 0 Å². The van der Waals surface area contributed by atoms with Crippen molar-refractivity contribution in [3.8, 4) is 5.75 Å². The van der Waals surface area contributed by atoms with E-state index < -0.39 is 12.0 Å². The molecule has 1 amide bonds. The zero-order valence-electron chi connectivity index (χ0n) is 14.0. The lowest BCUT2D eigenvalue weighted by Gasteiger charge is -2.22. The average Bonchev–Trinajstić information content (AvgIpc) is 2.56. The van der Waals surface area contributed by atoms with Crippen molar-refractivity contribution in [2.45, 2.75) is 32.2 Å². The summed E-state index contributed by atoms with van der Waals surface area (Å²) < 4.78 is 9.83. The molecular formula is C17H25NO4S. The molecule has 5 nitrogen and oxygen atoms in total. The van der Waals surface area contributed by atoms with Crippen molar-refractivity contribution in [2.75, 3.05) is 20.0 Å². The first-order valence-corrected chi connectivity index (χ1v) is 8.19. The third-order valence-corrected chi connectivity index (χ3v) is 3.89. The number of carbonyl (C=O) groups is 2. The molecule has 0 aliphatic rings. The van der Waals surface area contributed by atoms with E-state index in [2.05, 4.69) is 36.5 Å². The number of benzene rings is 1. The highest BCUT2D eigenvalue weighted by Crippen LogP contribution is 2.26. The van der Waals surface area contributed by atoms with Crippen molar-refractivity contribution in [1.82, 2.24) is 5.32 Å². The molecule has 1 rings (SSSR count). The maximum Gasteiger partial charge on any atom is 0.329 e. The Kier molecular flexibility index (Phi) is 7.95. The van der Waals surface area contributed by atoms with Crippen LogP contribution in [0.3, 0.4) is 0 Å². The lowest BCUT2D eigenvalue weighted by molar-refractivity contribution is -0.144. The van der Waals surface area contributed by atoms with Gasteiger partial charge in [-0.05, 0) is 30.0 Å². The number of ether oxygens (including phenoxy) is 2. The Morgan fingerprint density at radius 2 is 1.78 bits per heavy atom. The molecule has 23 heavy (non-hydrogen) atoms. The largest absolute Gasteiger partial charge is 0.497 e. The van der Waals surface area contributed by atoms with Crippen LogP contribution in [0.4, 0.5) is 0 Å². The number of hydrogen-bond acceptors (Lipinski definition) is 5. The maximum atomic E-state index is 12.6.